The minimum Gasteiger partial charge on any atom is -0.489 e. The largest absolute Gasteiger partial charge is 0.489 e. The van der Waals surface area contributed by atoms with E-state index in [2.05, 4.69) is 42.9 Å². The van der Waals surface area contributed by atoms with Crippen LogP contribution in [0.5, 0.6) is 17.4 Å². The first-order chi connectivity index (χ1) is 16.3. The molecule has 0 unspecified atom stereocenters. The van der Waals surface area contributed by atoms with Gasteiger partial charge in [-0.25, -0.2) is 4.98 Å². The first-order valence-corrected chi connectivity index (χ1v) is 12.2. The lowest BCUT2D eigenvalue weighted by Gasteiger charge is -2.27. The molecule has 0 fully saturated rings. The number of ether oxygens (including phenoxy) is 2. The number of pyridine rings is 1. The van der Waals surface area contributed by atoms with Crippen molar-refractivity contribution < 1.29 is 19.4 Å². The zero-order valence-electron chi connectivity index (χ0n) is 20.9. The van der Waals surface area contributed by atoms with Gasteiger partial charge in [-0.2, -0.15) is 0 Å². The highest BCUT2D eigenvalue weighted by Gasteiger charge is 2.23. The summed E-state index contributed by atoms with van der Waals surface area (Å²) in [6, 6.07) is 11.3. The smallest absolute Gasteiger partial charge is 0.234 e. The molecule has 7 heteroatoms. The molecule has 34 heavy (non-hydrogen) atoms. The number of hydrogen-bond donors (Lipinski definition) is 2. The van der Waals surface area contributed by atoms with Gasteiger partial charge >= 0.3 is 0 Å². The van der Waals surface area contributed by atoms with E-state index < -0.39 is 0 Å². The Morgan fingerprint density at radius 1 is 1.21 bits per heavy atom. The number of carbonyl (C=O) groups is 1. The van der Waals surface area contributed by atoms with Crippen LogP contribution in [0.15, 0.2) is 42.6 Å². The molecule has 2 N–H and O–H groups in total. The number of carbonyl (C=O) groups excluding carboxylic acids is 1. The molecule has 0 radical (unpaired) electrons. The number of benzene rings is 1. The lowest BCUT2D eigenvalue weighted by atomic mass is 9.88. The first-order valence-electron chi connectivity index (χ1n) is 12.2. The number of aromatic nitrogens is 1. The van der Waals surface area contributed by atoms with Crippen LogP contribution in [0.2, 0.25) is 0 Å². The third-order valence-electron chi connectivity index (χ3n) is 5.95. The van der Waals surface area contributed by atoms with Crippen molar-refractivity contribution in [2.24, 2.45) is 11.3 Å². The van der Waals surface area contributed by atoms with E-state index in [-0.39, 0.29) is 30.5 Å². The number of para-hydroxylation sites is 2. The highest BCUT2D eigenvalue weighted by atomic mass is 16.5. The van der Waals surface area contributed by atoms with E-state index in [0.717, 1.165) is 31.4 Å². The first kappa shape index (κ1) is 26.0. The summed E-state index contributed by atoms with van der Waals surface area (Å²) in [5.41, 5.74) is 0.879. The number of fused-ring (bicyclic) bond motifs is 2. The highest BCUT2D eigenvalue weighted by molar-refractivity contribution is 5.78. The monoisotopic (exact) mass is 469 g/mol. The third kappa shape index (κ3) is 7.99. The van der Waals surface area contributed by atoms with Gasteiger partial charge in [-0.3, -0.25) is 9.69 Å². The van der Waals surface area contributed by atoms with Gasteiger partial charge in [0.05, 0.1) is 25.8 Å². The van der Waals surface area contributed by atoms with Crippen LogP contribution in [0.25, 0.3) is 0 Å². The molecule has 0 spiro atoms. The van der Waals surface area contributed by atoms with Crippen molar-refractivity contribution in [3.63, 3.8) is 0 Å². The number of aliphatic hydroxyl groups is 1. The molecule has 3 rings (SSSR count). The zero-order valence-corrected chi connectivity index (χ0v) is 20.9. The third-order valence-corrected chi connectivity index (χ3v) is 5.95. The standard InChI is InChI=1S/C27H39N3O4/c1-20(2)15-22(18-31)29-25(32)17-30-14-8-12-27(3,4)19-33-23-10-5-6-11-24(23)34-26-21(16-30)9-7-13-28-26/h5-7,9-11,13,20,22,31H,8,12,14-19H2,1-4H3,(H,29,32)/t22-/m0/s1. The van der Waals surface area contributed by atoms with Gasteiger partial charge in [-0.1, -0.05) is 45.9 Å². The summed E-state index contributed by atoms with van der Waals surface area (Å²) in [7, 11) is 0. The summed E-state index contributed by atoms with van der Waals surface area (Å²) in [5.74, 6) is 2.15. The van der Waals surface area contributed by atoms with Gasteiger partial charge in [0, 0.05) is 18.3 Å². The molecule has 1 amide bonds. The minimum absolute atomic E-state index is 0.0283. The average molecular weight is 470 g/mol. The van der Waals surface area contributed by atoms with Crippen molar-refractivity contribution in [3.05, 3.63) is 48.2 Å². The van der Waals surface area contributed by atoms with Crippen molar-refractivity contribution >= 4 is 5.91 Å². The van der Waals surface area contributed by atoms with Crippen LogP contribution in [-0.4, -0.2) is 53.2 Å². The van der Waals surface area contributed by atoms with E-state index in [4.69, 9.17) is 9.47 Å². The molecule has 1 aromatic carbocycles. The number of amides is 1. The summed E-state index contributed by atoms with van der Waals surface area (Å²) >= 11 is 0. The molecule has 1 aliphatic heterocycles. The molecule has 1 atom stereocenters. The van der Waals surface area contributed by atoms with E-state index in [0.29, 0.717) is 36.4 Å². The van der Waals surface area contributed by atoms with Gasteiger partial charge < -0.3 is 19.9 Å². The second-order valence-electron chi connectivity index (χ2n) is 10.4. The second kappa shape index (κ2) is 12.2. The fraction of sp³-hybridized carbons (Fsp3) is 0.556. The Morgan fingerprint density at radius 3 is 2.71 bits per heavy atom. The van der Waals surface area contributed by atoms with Crippen LogP contribution in [0.3, 0.4) is 0 Å². The van der Waals surface area contributed by atoms with Gasteiger partial charge in [-0.15, -0.1) is 0 Å². The predicted octanol–water partition coefficient (Wildman–Crippen LogP) is 4.40. The molecule has 1 aliphatic rings. The van der Waals surface area contributed by atoms with Crippen LogP contribution in [-0.2, 0) is 11.3 Å². The Morgan fingerprint density at radius 2 is 1.97 bits per heavy atom. The Kier molecular flexibility index (Phi) is 9.30. The minimum atomic E-state index is -0.228. The van der Waals surface area contributed by atoms with Crippen molar-refractivity contribution in [2.45, 2.75) is 59.5 Å². The molecule has 2 aromatic rings. The van der Waals surface area contributed by atoms with E-state index in [1.807, 2.05) is 36.4 Å². The van der Waals surface area contributed by atoms with Crippen LogP contribution in [0, 0.1) is 11.3 Å². The van der Waals surface area contributed by atoms with Crippen LogP contribution < -0.4 is 14.8 Å². The molecule has 0 bridgehead atoms. The maximum absolute atomic E-state index is 12.9. The lowest BCUT2D eigenvalue weighted by Crippen LogP contribution is -2.44. The summed E-state index contributed by atoms with van der Waals surface area (Å²) in [6.07, 6.45) is 4.34. The van der Waals surface area contributed by atoms with Crippen molar-refractivity contribution in [1.29, 1.82) is 0 Å². The normalized spacial score (nSPS) is 17.6. The molecule has 0 saturated heterocycles. The molecule has 1 aromatic heterocycles. The van der Waals surface area contributed by atoms with Crippen molar-refractivity contribution in [1.82, 2.24) is 15.2 Å². The summed E-state index contributed by atoms with van der Waals surface area (Å²) < 4.78 is 12.4. The second-order valence-corrected chi connectivity index (χ2v) is 10.4. The van der Waals surface area contributed by atoms with Crippen LogP contribution >= 0.6 is 0 Å². The summed E-state index contributed by atoms with van der Waals surface area (Å²) in [6.45, 7) is 10.6. The SMILES string of the molecule is CC(C)C[C@@H](CO)NC(=O)CN1CCCC(C)(C)COc2ccccc2Oc2ncccc2C1. The maximum atomic E-state index is 12.9. The molecule has 2 heterocycles. The Hall–Kier alpha value is -2.64. The molecular formula is C27H39N3O4. The van der Waals surface area contributed by atoms with E-state index in [1.165, 1.54) is 0 Å². The van der Waals surface area contributed by atoms with Gasteiger partial charge in [0.2, 0.25) is 11.8 Å². The van der Waals surface area contributed by atoms with Crippen LogP contribution in [0.4, 0.5) is 0 Å². The van der Waals surface area contributed by atoms with E-state index in [1.54, 1.807) is 6.20 Å². The van der Waals surface area contributed by atoms with Gasteiger partial charge in [0.15, 0.2) is 11.5 Å². The van der Waals surface area contributed by atoms with Crippen molar-refractivity contribution in [2.75, 3.05) is 26.3 Å². The Bertz CT molecular complexity index is 932. The maximum Gasteiger partial charge on any atom is 0.234 e. The predicted molar refractivity (Wildman–Crippen MR) is 133 cm³/mol. The highest BCUT2D eigenvalue weighted by Crippen LogP contribution is 2.34. The molecule has 0 aliphatic carbocycles. The van der Waals surface area contributed by atoms with Gasteiger partial charge in [-0.05, 0) is 55.3 Å². The number of aliphatic hydroxyl groups excluding tert-OH is 1. The Balaban J connectivity index is 1.82. The number of rotatable bonds is 6. The molecular weight excluding hydrogens is 430 g/mol. The van der Waals surface area contributed by atoms with E-state index >= 15 is 0 Å². The zero-order chi connectivity index (χ0) is 24.6. The quantitative estimate of drug-likeness (QED) is 0.653. The van der Waals surface area contributed by atoms with Gasteiger partial charge in [0.25, 0.3) is 0 Å². The van der Waals surface area contributed by atoms with Gasteiger partial charge in [0.1, 0.15) is 0 Å². The molecule has 0 saturated carbocycles. The van der Waals surface area contributed by atoms with Crippen LogP contribution in [0.1, 0.15) is 52.5 Å². The summed E-state index contributed by atoms with van der Waals surface area (Å²) in [4.78, 5) is 19.5. The van der Waals surface area contributed by atoms with E-state index in [9.17, 15) is 9.90 Å². The number of nitrogens with one attached hydrogen (secondary N) is 1. The molecule has 186 valence electrons. The lowest BCUT2D eigenvalue weighted by molar-refractivity contribution is -0.123. The average Bonchev–Trinajstić information content (AvgIpc) is 2.79. The van der Waals surface area contributed by atoms with Crippen molar-refractivity contribution in [3.8, 4) is 17.4 Å². The fourth-order valence-electron chi connectivity index (χ4n) is 4.20. The summed E-state index contributed by atoms with van der Waals surface area (Å²) in [5, 5.41) is 12.7. The topological polar surface area (TPSA) is 83.9 Å². The number of hydrogen-bond acceptors (Lipinski definition) is 6. The fourth-order valence-corrected chi connectivity index (χ4v) is 4.20. The Labute approximate surface area is 203 Å². The number of nitrogens with zero attached hydrogens (tertiary/aromatic N) is 2. The molecule has 7 nitrogen and oxygen atoms in total.